The fourth-order valence-corrected chi connectivity index (χ4v) is 0.901. The maximum absolute atomic E-state index is 5.43. The minimum Gasteiger partial charge on any atom is -0.493 e. The van der Waals surface area contributed by atoms with Gasteiger partial charge in [-0.1, -0.05) is 25.0 Å². The van der Waals surface area contributed by atoms with Gasteiger partial charge in [-0.3, -0.25) is 0 Å². The van der Waals surface area contributed by atoms with Crippen LogP contribution in [0.3, 0.4) is 0 Å². The summed E-state index contributed by atoms with van der Waals surface area (Å²) in [5, 5.41) is 0. The van der Waals surface area contributed by atoms with Crippen molar-refractivity contribution < 1.29 is 4.74 Å². The predicted molar refractivity (Wildman–Crippen MR) is 53.5 cm³/mol. The molecular weight excluding hydrogens is 160 g/mol. The molecule has 1 radical (unpaired) electrons. The summed E-state index contributed by atoms with van der Waals surface area (Å²) in [6, 6.07) is 10.4. The molecule has 0 N–H and O–H groups in total. The van der Waals surface area contributed by atoms with Crippen LogP contribution in [0.2, 0.25) is 0 Å². The van der Waals surface area contributed by atoms with Crippen LogP contribution in [0, 0.1) is 17.9 Å². The van der Waals surface area contributed by atoms with Crippen LogP contribution in [-0.2, 0) is 0 Å². The molecule has 1 aromatic carbocycles. The Morgan fingerprint density at radius 1 is 1.31 bits per heavy atom. The van der Waals surface area contributed by atoms with Gasteiger partial charge in [0.05, 0.1) is 6.61 Å². The van der Waals surface area contributed by atoms with Crippen molar-refractivity contribution in [2.24, 2.45) is 0 Å². The van der Waals surface area contributed by atoms with E-state index in [0.29, 0.717) is 6.61 Å². The van der Waals surface area contributed by atoms with Crippen molar-refractivity contribution in [1.82, 2.24) is 0 Å². The van der Waals surface area contributed by atoms with Crippen molar-refractivity contribution in [3.63, 3.8) is 0 Å². The Bertz CT molecular complexity index is 279. The van der Waals surface area contributed by atoms with Crippen LogP contribution < -0.4 is 4.74 Å². The van der Waals surface area contributed by atoms with Crippen molar-refractivity contribution in [3.05, 3.63) is 30.3 Å². The molecule has 1 nitrogen and oxygen atoms in total. The molecule has 0 amide bonds. The second-order valence-electron chi connectivity index (χ2n) is 2.54. The van der Waals surface area contributed by atoms with Crippen molar-refractivity contribution >= 4 is 0 Å². The van der Waals surface area contributed by atoms with Crippen molar-refractivity contribution in [2.45, 2.75) is 19.8 Å². The molecule has 0 saturated heterocycles. The van der Waals surface area contributed by atoms with Crippen LogP contribution in [0.1, 0.15) is 19.8 Å². The lowest BCUT2D eigenvalue weighted by molar-refractivity contribution is 0.327. The number of hydrogen-bond donors (Lipinski definition) is 0. The lowest BCUT2D eigenvalue weighted by Gasteiger charge is -2.01. The van der Waals surface area contributed by atoms with Gasteiger partial charge in [0.15, 0.2) is 0 Å². The Morgan fingerprint density at radius 2 is 2.08 bits per heavy atom. The average Bonchev–Trinajstić information content (AvgIpc) is 2.19. The molecule has 0 aromatic heterocycles. The zero-order valence-electron chi connectivity index (χ0n) is 7.84. The summed E-state index contributed by atoms with van der Waals surface area (Å²) < 4.78 is 5.43. The van der Waals surface area contributed by atoms with Crippen LogP contribution in [-0.4, -0.2) is 6.61 Å². The van der Waals surface area contributed by atoms with E-state index in [9.17, 15) is 0 Å². The van der Waals surface area contributed by atoms with E-state index < -0.39 is 0 Å². The molecule has 0 saturated carbocycles. The third-order valence-corrected chi connectivity index (χ3v) is 1.49. The van der Waals surface area contributed by atoms with Gasteiger partial charge in [-0.15, -0.1) is 5.92 Å². The monoisotopic (exact) mass is 173 g/mol. The Hall–Kier alpha value is -1.42. The molecule has 0 aliphatic rings. The first-order valence-corrected chi connectivity index (χ1v) is 4.48. The van der Waals surface area contributed by atoms with E-state index in [2.05, 4.69) is 17.9 Å². The smallest absolute Gasteiger partial charge is 0.119 e. The third kappa shape index (κ3) is 4.22. The molecule has 0 unspecified atom stereocenters. The number of ether oxygens (including phenoxy) is 1. The van der Waals surface area contributed by atoms with E-state index in [1.165, 1.54) is 0 Å². The van der Waals surface area contributed by atoms with E-state index in [1.54, 1.807) is 0 Å². The molecule has 0 atom stereocenters. The van der Waals surface area contributed by atoms with Gasteiger partial charge in [0.1, 0.15) is 5.75 Å². The number of benzene rings is 1. The second-order valence-corrected chi connectivity index (χ2v) is 2.54. The fraction of sp³-hybridized carbons (Fsp3) is 0.333. The Balaban J connectivity index is 2.20. The van der Waals surface area contributed by atoms with Crippen LogP contribution in [0.4, 0.5) is 0 Å². The lowest BCUT2D eigenvalue weighted by atomic mass is 10.3. The lowest BCUT2D eigenvalue weighted by Crippen LogP contribution is -1.94. The maximum atomic E-state index is 5.43. The van der Waals surface area contributed by atoms with Gasteiger partial charge in [-0.05, 0) is 18.2 Å². The summed E-state index contributed by atoms with van der Waals surface area (Å²) in [4.78, 5) is 0. The molecule has 1 rings (SSSR count). The molecule has 1 aromatic rings. The highest BCUT2D eigenvalue weighted by molar-refractivity contribution is 5.20. The van der Waals surface area contributed by atoms with Gasteiger partial charge < -0.3 is 4.74 Å². The Morgan fingerprint density at radius 3 is 2.77 bits per heavy atom. The van der Waals surface area contributed by atoms with Gasteiger partial charge in [-0.2, -0.15) is 0 Å². The molecule has 1 heteroatoms. The fourth-order valence-electron chi connectivity index (χ4n) is 0.901. The van der Waals surface area contributed by atoms with Gasteiger partial charge in [0.25, 0.3) is 0 Å². The Labute approximate surface area is 79.7 Å². The highest BCUT2D eigenvalue weighted by atomic mass is 16.5. The molecule has 13 heavy (non-hydrogen) atoms. The topological polar surface area (TPSA) is 9.23 Å². The molecule has 0 spiro atoms. The highest BCUT2D eigenvalue weighted by Gasteiger charge is 1.88. The van der Waals surface area contributed by atoms with Crippen LogP contribution in [0.25, 0.3) is 0 Å². The van der Waals surface area contributed by atoms with Crippen molar-refractivity contribution in [3.8, 4) is 17.6 Å². The molecule has 67 valence electrons. The summed E-state index contributed by atoms with van der Waals surface area (Å²) in [6.45, 7) is 2.71. The van der Waals surface area contributed by atoms with E-state index in [0.717, 1.165) is 18.6 Å². The minimum absolute atomic E-state index is 0.664. The first-order valence-electron chi connectivity index (χ1n) is 4.48. The molecule has 0 fully saturated rings. The zero-order chi connectivity index (χ0) is 9.36. The molecule has 0 aliphatic heterocycles. The van der Waals surface area contributed by atoms with Gasteiger partial charge in [0, 0.05) is 12.8 Å². The largest absolute Gasteiger partial charge is 0.493 e. The summed E-state index contributed by atoms with van der Waals surface area (Å²) >= 11 is 0. The first-order chi connectivity index (χ1) is 6.43. The summed E-state index contributed by atoms with van der Waals surface area (Å²) in [7, 11) is 0. The molecule has 0 heterocycles. The zero-order valence-corrected chi connectivity index (χ0v) is 7.84. The Kier molecular flexibility index (Phi) is 4.56. The average molecular weight is 173 g/mol. The molecule has 0 bridgehead atoms. The normalized spacial score (nSPS) is 8.69. The maximum Gasteiger partial charge on any atom is 0.119 e. The quantitative estimate of drug-likeness (QED) is 0.504. The van der Waals surface area contributed by atoms with E-state index in [4.69, 9.17) is 4.74 Å². The number of hydrogen-bond acceptors (Lipinski definition) is 1. The van der Waals surface area contributed by atoms with E-state index in [1.807, 2.05) is 31.2 Å². The standard InChI is InChI=1S/C12H13O/c1-2-3-4-8-11-13-12-9-6-5-7-10-12/h6-7,9-10H,2,8,11H2,1H3. The SMILES string of the molecule is CCC#CCCOc1cc[c]cc1. The van der Waals surface area contributed by atoms with Crippen LogP contribution in [0.15, 0.2) is 24.3 Å². The molecule has 0 aliphatic carbocycles. The second kappa shape index (κ2) is 6.14. The highest BCUT2D eigenvalue weighted by Crippen LogP contribution is 2.07. The van der Waals surface area contributed by atoms with Crippen molar-refractivity contribution in [2.75, 3.05) is 6.61 Å². The van der Waals surface area contributed by atoms with E-state index >= 15 is 0 Å². The van der Waals surface area contributed by atoms with Crippen LogP contribution >= 0.6 is 0 Å². The third-order valence-electron chi connectivity index (χ3n) is 1.49. The van der Waals surface area contributed by atoms with E-state index in [-0.39, 0.29) is 0 Å². The van der Waals surface area contributed by atoms with Crippen LogP contribution in [0.5, 0.6) is 5.75 Å². The molecular formula is C12H13O. The van der Waals surface area contributed by atoms with Gasteiger partial charge in [0.2, 0.25) is 0 Å². The van der Waals surface area contributed by atoms with Crippen molar-refractivity contribution in [1.29, 1.82) is 0 Å². The minimum atomic E-state index is 0.664. The summed E-state index contributed by atoms with van der Waals surface area (Å²) in [5.41, 5.74) is 0. The number of rotatable bonds is 3. The van der Waals surface area contributed by atoms with Gasteiger partial charge in [-0.25, -0.2) is 0 Å². The first kappa shape index (κ1) is 9.67. The summed E-state index contributed by atoms with van der Waals surface area (Å²) in [6.07, 6.45) is 1.72. The summed E-state index contributed by atoms with van der Waals surface area (Å²) in [5.74, 6) is 6.91. The van der Waals surface area contributed by atoms with Gasteiger partial charge >= 0.3 is 0 Å². The predicted octanol–water partition coefficient (Wildman–Crippen LogP) is 2.67.